The van der Waals surface area contributed by atoms with Crippen molar-refractivity contribution in [2.45, 2.75) is 20.8 Å². The van der Waals surface area contributed by atoms with Gasteiger partial charge in [0.25, 0.3) is 5.91 Å². The second-order valence-corrected chi connectivity index (χ2v) is 7.81. The Balaban J connectivity index is 1.89. The van der Waals surface area contributed by atoms with Crippen molar-refractivity contribution in [2.24, 2.45) is 0 Å². The van der Waals surface area contributed by atoms with E-state index in [9.17, 15) is 9.18 Å². The van der Waals surface area contributed by atoms with Crippen LogP contribution in [0.1, 0.15) is 27.0 Å². The van der Waals surface area contributed by atoms with Gasteiger partial charge in [0.15, 0.2) is 0 Å². The van der Waals surface area contributed by atoms with Gasteiger partial charge in [0.2, 0.25) is 0 Å². The van der Waals surface area contributed by atoms with Gasteiger partial charge in [-0.25, -0.2) is 9.37 Å². The standard InChI is InChI=1S/C25H20ClFN2O/c1-14-11-15(2)24-19(12-14)20(13-23(28-24)17-7-9-18(27)10-8-17)25(30)29-22-6-4-5-21(26)16(22)3/h4-13H,1-3H3,(H,29,30). The number of anilines is 1. The van der Waals surface area contributed by atoms with E-state index in [4.69, 9.17) is 16.6 Å². The fraction of sp³-hybridized carbons (Fsp3) is 0.120. The molecule has 4 aromatic rings. The summed E-state index contributed by atoms with van der Waals surface area (Å²) >= 11 is 6.21. The number of rotatable bonds is 3. The normalized spacial score (nSPS) is 11.0. The van der Waals surface area contributed by atoms with Gasteiger partial charge in [-0.3, -0.25) is 4.79 Å². The van der Waals surface area contributed by atoms with E-state index >= 15 is 0 Å². The molecule has 0 aliphatic rings. The van der Waals surface area contributed by atoms with Crippen molar-refractivity contribution in [3.63, 3.8) is 0 Å². The van der Waals surface area contributed by atoms with Crippen LogP contribution in [-0.4, -0.2) is 10.9 Å². The highest BCUT2D eigenvalue weighted by molar-refractivity contribution is 6.31. The van der Waals surface area contributed by atoms with Gasteiger partial charge >= 0.3 is 0 Å². The number of hydrogen-bond donors (Lipinski definition) is 1. The number of fused-ring (bicyclic) bond motifs is 1. The fourth-order valence-corrected chi connectivity index (χ4v) is 3.74. The van der Waals surface area contributed by atoms with Crippen molar-refractivity contribution in [3.05, 3.63) is 93.8 Å². The van der Waals surface area contributed by atoms with Gasteiger partial charge in [-0.1, -0.05) is 29.3 Å². The highest BCUT2D eigenvalue weighted by atomic mass is 35.5. The van der Waals surface area contributed by atoms with E-state index in [0.717, 1.165) is 33.2 Å². The van der Waals surface area contributed by atoms with Gasteiger partial charge in [-0.15, -0.1) is 0 Å². The molecule has 0 unspecified atom stereocenters. The molecule has 0 saturated heterocycles. The highest BCUT2D eigenvalue weighted by Crippen LogP contribution is 2.30. The lowest BCUT2D eigenvalue weighted by Gasteiger charge is -2.14. The molecule has 0 atom stereocenters. The first kappa shape index (κ1) is 20.0. The largest absolute Gasteiger partial charge is 0.322 e. The van der Waals surface area contributed by atoms with E-state index in [1.165, 1.54) is 12.1 Å². The van der Waals surface area contributed by atoms with E-state index in [0.29, 0.717) is 22.0 Å². The average Bonchev–Trinajstić information content (AvgIpc) is 2.71. The number of amides is 1. The van der Waals surface area contributed by atoms with Crippen molar-refractivity contribution in [1.82, 2.24) is 4.98 Å². The minimum atomic E-state index is -0.319. The molecule has 30 heavy (non-hydrogen) atoms. The Morgan fingerprint density at radius 1 is 1.00 bits per heavy atom. The van der Waals surface area contributed by atoms with Crippen LogP contribution in [0.15, 0.2) is 60.7 Å². The Morgan fingerprint density at radius 3 is 2.47 bits per heavy atom. The lowest BCUT2D eigenvalue weighted by Crippen LogP contribution is -2.14. The van der Waals surface area contributed by atoms with Crippen LogP contribution in [0.2, 0.25) is 5.02 Å². The van der Waals surface area contributed by atoms with Crippen LogP contribution in [0.4, 0.5) is 10.1 Å². The van der Waals surface area contributed by atoms with E-state index < -0.39 is 0 Å². The van der Waals surface area contributed by atoms with Gasteiger partial charge in [0.05, 0.1) is 16.8 Å². The molecule has 150 valence electrons. The van der Waals surface area contributed by atoms with Crippen molar-refractivity contribution in [1.29, 1.82) is 0 Å². The van der Waals surface area contributed by atoms with E-state index in [1.54, 1.807) is 30.3 Å². The molecule has 1 aromatic heterocycles. The maximum Gasteiger partial charge on any atom is 0.256 e. The molecular weight excluding hydrogens is 399 g/mol. The first-order valence-corrected chi connectivity index (χ1v) is 9.95. The highest BCUT2D eigenvalue weighted by Gasteiger charge is 2.17. The number of aryl methyl sites for hydroxylation is 2. The number of carbonyl (C=O) groups is 1. The first-order chi connectivity index (χ1) is 14.3. The van der Waals surface area contributed by atoms with E-state index in [1.807, 2.05) is 39.0 Å². The molecule has 0 radical (unpaired) electrons. The molecule has 0 bridgehead atoms. The minimum absolute atomic E-state index is 0.249. The third-order valence-electron chi connectivity index (χ3n) is 5.15. The average molecular weight is 419 g/mol. The summed E-state index contributed by atoms with van der Waals surface area (Å²) in [5.41, 5.74) is 6.09. The Kier molecular flexibility index (Phi) is 5.27. The molecular formula is C25H20ClFN2O. The summed E-state index contributed by atoms with van der Waals surface area (Å²) in [5, 5.41) is 4.34. The van der Waals surface area contributed by atoms with Crippen LogP contribution in [0.5, 0.6) is 0 Å². The number of halogens is 2. The summed E-state index contributed by atoms with van der Waals surface area (Å²) in [5.74, 6) is -0.568. The molecule has 0 saturated carbocycles. The van der Waals surface area contributed by atoms with Gasteiger partial charge in [-0.2, -0.15) is 0 Å². The fourth-order valence-electron chi connectivity index (χ4n) is 3.57. The Morgan fingerprint density at radius 2 is 1.73 bits per heavy atom. The zero-order valence-corrected chi connectivity index (χ0v) is 17.6. The first-order valence-electron chi connectivity index (χ1n) is 9.58. The molecule has 3 nitrogen and oxygen atoms in total. The number of hydrogen-bond acceptors (Lipinski definition) is 2. The van der Waals surface area contributed by atoms with Gasteiger partial charge in [0.1, 0.15) is 5.82 Å². The molecule has 1 N–H and O–H groups in total. The maximum atomic E-state index is 13.4. The van der Waals surface area contributed by atoms with E-state index in [2.05, 4.69) is 5.32 Å². The number of nitrogens with zero attached hydrogens (tertiary/aromatic N) is 1. The molecule has 3 aromatic carbocycles. The maximum absolute atomic E-state index is 13.4. The van der Waals surface area contributed by atoms with Crippen molar-refractivity contribution in [2.75, 3.05) is 5.32 Å². The molecule has 1 heterocycles. The van der Waals surface area contributed by atoms with E-state index in [-0.39, 0.29) is 11.7 Å². The lowest BCUT2D eigenvalue weighted by molar-refractivity contribution is 0.102. The van der Waals surface area contributed by atoms with Crippen molar-refractivity contribution < 1.29 is 9.18 Å². The Bertz CT molecular complexity index is 1280. The molecule has 0 aliphatic carbocycles. The van der Waals surface area contributed by atoms with Crippen LogP contribution < -0.4 is 5.32 Å². The molecule has 0 fully saturated rings. The number of pyridine rings is 1. The molecule has 1 amide bonds. The molecule has 5 heteroatoms. The third-order valence-corrected chi connectivity index (χ3v) is 5.56. The molecule has 4 rings (SSSR count). The second kappa shape index (κ2) is 7.88. The van der Waals surface area contributed by atoms with Crippen LogP contribution in [0.3, 0.4) is 0 Å². The molecule has 0 spiro atoms. The van der Waals surface area contributed by atoms with Crippen LogP contribution in [-0.2, 0) is 0 Å². The summed E-state index contributed by atoms with van der Waals surface area (Å²) in [6.07, 6.45) is 0. The number of aromatic nitrogens is 1. The van der Waals surface area contributed by atoms with Crippen LogP contribution >= 0.6 is 11.6 Å². The topological polar surface area (TPSA) is 42.0 Å². The van der Waals surface area contributed by atoms with Gasteiger partial charge in [-0.05, 0) is 80.4 Å². The summed E-state index contributed by atoms with van der Waals surface area (Å²) in [6, 6.07) is 17.3. The van der Waals surface area contributed by atoms with Crippen molar-refractivity contribution in [3.8, 4) is 11.3 Å². The Hall–Kier alpha value is -3.24. The SMILES string of the molecule is Cc1cc(C)c2nc(-c3ccc(F)cc3)cc(C(=O)Nc3cccc(Cl)c3C)c2c1. The number of benzene rings is 3. The smallest absolute Gasteiger partial charge is 0.256 e. The zero-order valence-electron chi connectivity index (χ0n) is 16.9. The quantitative estimate of drug-likeness (QED) is 0.394. The van der Waals surface area contributed by atoms with Gasteiger partial charge in [0, 0.05) is 21.7 Å². The van der Waals surface area contributed by atoms with Crippen LogP contribution in [0.25, 0.3) is 22.2 Å². The summed E-state index contributed by atoms with van der Waals surface area (Å²) in [4.78, 5) is 18.1. The summed E-state index contributed by atoms with van der Waals surface area (Å²) in [6.45, 7) is 5.82. The van der Waals surface area contributed by atoms with Crippen LogP contribution in [0, 0.1) is 26.6 Å². The summed E-state index contributed by atoms with van der Waals surface area (Å²) < 4.78 is 13.4. The predicted octanol–water partition coefficient (Wildman–Crippen LogP) is 6.87. The summed E-state index contributed by atoms with van der Waals surface area (Å²) in [7, 11) is 0. The monoisotopic (exact) mass is 418 g/mol. The molecule has 0 aliphatic heterocycles. The van der Waals surface area contributed by atoms with Gasteiger partial charge < -0.3 is 5.32 Å². The predicted molar refractivity (Wildman–Crippen MR) is 121 cm³/mol. The third kappa shape index (κ3) is 3.79. The Labute approximate surface area is 179 Å². The number of carbonyl (C=O) groups excluding carboxylic acids is 1. The minimum Gasteiger partial charge on any atom is -0.322 e. The zero-order chi connectivity index (χ0) is 21.4. The lowest BCUT2D eigenvalue weighted by atomic mass is 9.99. The number of nitrogens with one attached hydrogen (secondary N) is 1. The van der Waals surface area contributed by atoms with Crippen molar-refractivity contribution >= 4 is 34.1 Å². The second-order valence-electron chi connectivity index (χ2n) is 7.41.